The second-order valence-corrected chi connectivity index (χ2v) is 5.56. The highest BCUT2D eigenvalue weighted by atomic mass is 16.4. The van der Waals surface area contributed by atoms with E-state index in [2.05, 4.69) is 6.92 Å². The molecule has 0 saturated carbocycles. The van der Waals surface area contributed by atoms with Crippen LogP contribution in [0.4, 0.5) is 0 Å². The molecule has 6 heteroatoms. The maximum absolute atomic E-state index is 12.2. The molecule has 1 saturated heterocycles. The minimum Gasteiger partial charge on any atom is -0.481 e. The number of hydrogen-bond donors (Lipinski definition) is 2. The summed E-state index contributed by atoms with van der Waals surface area (Å²) in [4.78, 5) is 26.5. The van der Waals surface area contributed by atoms with Gasteiger partial charge in [-0.15, -0.1) is 0 Å². The first kappa shape index (κ1) is 16.9. The second-order valence-electron chi connectivity index (χ2n) is 5.56. The summed E-state index contributed by atoms with van der Waals surface area (Å²) < 4.78 is 0. The minimum atomic E-state index is -0.863. The lowest BCUT2D eigenvalue weighted by Gasteiger charge is -2.32. The number of carbonyl (C=O) groups is 2. The lowest BCUT2D eigenvalue weighted by molar-refractivity contribution is -0.139. The molecule has 1 aliphatic rings. The van der Waals surface area contributed by atoms with Crippen molar-refractivity contribution in [2.75, 3.05) is 39.3 Å². The molecule has 0 unspecified atom stereocenters. The highest BCUT2D eigenvalue weighted by Crippen LogP contribution is 2.16. The molecule has 1 rings (SSSR count). The summed E-state index contributed by atoms with van der Waals surface area (Å²) in [6.45, 7) is 5.01. The summed E-state index contributed by atoms with van der Waals surface area (Å²) in [5.74, 6) is -0.116. The predicted molar refractivity (Wildman–Crippen MR) is 75.4 cm³/mol. The number of carbonyl (C=O) groups excluding carboxylic acids is 1. The van der Waals surface area contributed by atoms with Crippen LogP contribution in [0.15, 0.2) is 0 Å². The van der Waals surface area contributed by atoms with E-state index in [0.29, 0.717) is 25.4 Å². The number of aliphatic hydroxyl groups is 1. The van der Waals surface area contributed by atoms with E-state index in [1.807, 2.05) is 9.80 Å². The van der Waals surface area contributed by atoms with Gasteiger partial charge in [0.2, 0.25) is 5.91 Å². The quantitative estimate of drug-likeness (QED) is 0.675. The van der Waals surface area contributed by atoms with Gasteiger partial charge in [0.1, 0.15) is 0 Å². The molecule has 0 radical (unpaired) electrons. The highest BCUT2D eigenvalue weighted by Gasteiger charge is 2.22. The van der Waals surface area contributed by atoms with Crippen LogP contribution in [0.2, 0.25) is 0 Å². The number of amides is 1. The van der Waals surface area contributed by atoms with Gasteiger partial charge in [0, 0.05) is 32.8 Å². The molecule has 0 aromatic heterocycles. The van der Waals surface area contributed by atoms with Crippen molar-refractivity contribution in [3.63, 3.8) is 0 Å². The number of nitrogens with zero attached hydrogens (tertiary/aromatic N) is 2. The van der Waals surface area contributed by atoms with Crippen molar-refractivity contribution in [1.82, 2.24) is 9.80 Å². The molecular weight excluding hydrogens is 260 g/mol. The van der Waals surface area contributed by atoms with Crippen LogP contribution in [0, 0.1) is 5.92 Å². The summed E-state index contributed by atoms with van der Waals surface area (Å²) in [5.41, 5.74) is 0. The highest BCUT2D eigenvalue weighted by molar-refractivity contribution is 5.78. The fourth-order valence-corrected chi connectivity index (χ4v) is 2.37. The van der Waals surface area contributed by atoms with Crippen molar-refractivity contribution in [2.45, 2.75) is 32.6 Å². The number of likely N-dealkylation sites (tertiary alicyclic amines) is 1. The van der Waals surface area contributed by atoms with E-state index in [1.54, 1.807) is 0 Å². The molecule has 2 N–H and O–H groups in total. The first-order chi connectivity index (χ1) is 9.52. The molecular formula is C14H26N2O4. The molecule has 1 heterocycles. The van der Waals surface area contributed by atoms with Gasteiger partial charge in [0.25, 0.3) is 0 Å². The maximum atomic E-state index is 12.2. The molecule has 0 aliphatic carbocycles. The predicted octanol–water partition coefficient (Wildman–Crippen LogP) is 0.404. The first-order valence-electron chi connectivity index (χ1n) is 7.35. The Hall–Kier alpha value is -1.14. The molecule has 20 heavy (non-hydrogen) atoms. The molecule has 0 atom stereocenters. The summed E-state index contributed by atoms with van der Waals surface area (Å²) in [5, 5.41) is 17.6. The molecule has 0 spiro atoms. The van der Waals surface area contributed by atoms with Crippen LogP contribution in [0.25, 0.3) is 0 Å². The topological polar surface area (TPSA) is 81.1 Å². The summed E-state index contributed by atoms with van der Waals surface area (Å²) in [6, 6.07) is 0. The van der Waals surface area contributed by atoms with Crippen molar-refractivity contribution in [1.29, 1.82) is 0 Å². The molecule has 1 amide bonds. The zero-order valence-electron chi connectivity index (χ0n) is 12.3. The Morgan fingerprint density at radius 2 is 1.90 bits per heavy atom. The number of carboxylic acids is 1. The van der Waals surface area contributed by atoms with Crippen LogP contribution in [-0.4, -0.2) is 71.2 Å². The third-order valence-electron chi connectivity index (χ3n) is 3.77. The van der Waals surface area contributed by atoms with Crippen LogP contribution in [0.1, 0.15) is 32.6 Å². The van der Waals surface area contributed by atoms with Crippen molar-refractivity contribution in [3.8, 4) is 0 Å². The zero-order chi connectivity index (χ0) is 15.0. The molecule has 0 aromatic rings. The van der Waals surface area contributed by atoms with E-state index >= 15 is 0 Å². The summed E-state index contributed by atoms with van der Waals surface area (Å²) >= 11 is 0. The van der Waals surface area contributed by atoms with Crippen LogP contribution >= 0.6 is 0 Å². The summed E-state index contributed by atoms with van der Waals surface area (Å²) in [6.07, 6.45) is 2.66. The second kappa shape index (κ2) is 8.92. The van der Waals surface area contributed by atoms with Crippen LogP contribution in [0.3, 0.4) is 0 Å². The molecule has 6 nitrogen and oxygen atoms in total. The van der Waals surface area contributed by atoms with Gasteiger partial charge in [-0.05, 0) is 25.2 Å². The van der Waals surface area contributed by atoms with E-state index < -0.39 is 5.97 Å². The number of aliphatic carboxylic acids is 1. The lowest BCUT2D eigenvalue weighted by Crippen LogP contribution is -2.44. The molecule has 1 fully saturated rings. The van der Waals surface area contributed by atoms with Crippen molar-refractivity contribution in [2.24, 2.45) is 5.92 Å². The Labute approximate surface area is 120 Å². The Balaban J connectivity index is 2.41. The van der Waals surface area contributed by atoms with Gasteiger partial charge in [-0.1, -0.05) is 6.92 Å². The third-order valence-corrected chi connectivity index (χ3v) is 3.77. The normalized spacial score (nSPS) is 16.6. The number of aliphatic hydroxyl groups excluding tert-OH is 1. The van der Waals surface area contributed by atoms with Crippen molar-refractivity contribution < 1.29 is 19.8 Å². The van der Waals surface area contributed by atoms with Crippen LogP contribution in [-0.2, 0) is 9.59 Å². The lowest BCUT2D eigenvalue weighted by atomic mass is 9.99. The van der Waals surface area contributed by atoms with Crippen LogP contribution < -0.4 is 0 Å². The van der Waals surface area contributed by atoms with E-state index in [0.717, 1.165) is 25.9 Å². The van der Waals surface area contributed by atoms with Gasteiger partial charge in [-0.2, -0.15) is 0 Å². The SMILES string of the molecule is CC1CCN(C(=O)CN(CCCO)CCC(=O)O)CC1. The average Bonchev–Trinajstić information content (AvgIpc) is 2.42. The zero-order valence-corrected chi connectivity index (χ0v) is 12.3. The first-order valence-corrected chi connectivity index (χ1v) is 7.35. The number of rotatable bonds is 8. The summed E-state index contributed by atoms with van der Waals surface area (Å²) in [7, 11) is 0. The largest absolute Gasteiger partial charge is 0.481 e. The average molecular weight is 286 g/mol. The Kier molecular flexibility index (Phi) is 7.54. The van der Waals surface area contributed by atoms with E-state index in [-0.39, 0.29) is 25.5 Å². The maximum Gasteiger partial charge on any atom is 0.304 e. The molecule has 0 bridgehead atoms. The number of hydrogen-bond acceptors (Lipinski definition) is 4. The third kappa shape index (κ3) is 6.34. The Morgan fingerprint density at radius 1 is 1.25 bits per heavy atom. The molecule has 0 aromatic carbocycles. The smallest absolute Gasteiger partial charge is 0.304 e. The van der Waals surface area contributed by atoms with E-state index in [1.165, 1.54) is 0 Å². The van der Waals surface area contributed by atoms with Gasteiger partial charge >= 0.3 is 5.97 Å². The van der Waals surface area contributed by atoms with Gasteiger partial charge in [-0.25, -0.2) is 0 Å². The minimum absolute atomic E-state index is 0.0236. The van der Waals surface area contributed by atoms with Gasteiger partial charge < -0.3 is 15.1 Å². The fraction of sp³-hybridized carbons (Fsp3) is 0.857. The Morgan fingerprint density at radius 3 is 2.45 bits per heavy atom. The Bertz CT molecular complexity index is 314. The molecule has 116 valence electrons. The van der Waals surface area contributed by atoms with Gasteiger partial charge in [0.15, 0.2) is 0 Å². The number of carboxylic acid groups (broad SMARTS) is 1. The van der Waals surface area contributed by atoms with Crippen molar-refractivity contribution >= 4 is 11.9 Å². The van der Waals surface area contributed by atoms with Gasteiger partial charge in [0.05, 0.1) is 13.0 Å². The van der Waals surface area contributed by atoms with Crippen LogP contribution in [0.5, 0.6) is 0 Å². The monoisotopic (exact) mass is 286 g/mol. The van der Waals surface area contributed by atoms with Crippen molar-refractivity contribution in [3.05, 3.63) is 0 Å². The molecule has 1 aliphatic heterocycles. The standard InChI is InChI=1S/C14H26N2O4/c1-12-3-8-16(9-4-12)13(18)11-15(6-2-10-17)7-5-14(19)20/h12,17H,2-11H2,1H3,(H,19,20). The fourth-order valence-electron chi connectivity index (χ4n) is 2.37. The van der Waals surface area contributed by atoms with E-state index in [4.69, 9.17) is 10.2 Å². The number of piperidine rings is 1. The van der Waals surface area contributed by atoms with E-state index in [9.17, 15) is 9.59 Å². The van der Waals surface area contributed by atoms with Gasteiger partial charge in [-0.3, -0.25) is 14.5 Å².